The van der Waals surface area contributed by atoms with Gasteiger partial charge in [0, 0.05) is 11.9 Å². The molecule has 9 heteroatoms. The summed E-state index contributed by atoms with van der Waals surface area (Å²) in [7, 11) is 0. The normalized spacial score (nSPS) is 10.7. The van der Waals surface area contributed by atoms with Gasteiger partial charge in [-0.25, -0.2) is 14.2 Å². The molecule has 1 amide bonds. The van der Waals surface area contributed by atoms with E-state index in [2.05, 4.69) is 29.5 Å². The Morgan fingerprint density at radius 3 is 2.85 bits per heavy atom. The number of anilines is 2. The topological polar surface area (TPSA) is 80.3 Å². The Hall–Kier alpha value is -2.19. The minimum Gasteiger partial charge on any atom is -0.451 e. The molecule has 0 aliphatic heterocycles. The first kappa shape index (κ1) is 20.1. The van der Waals surface area contributed by atoms with Crippen LogP contribution in [0.1, 0.15) is 30.8 Å². The molecule has 1 heterocycles. The number of thiazole rings is 1. The molecule has 2 rings (SSSR count). The number of rotatable bonds is 8. The molecular weight excluding hydrogens is 381 g/mol. The van der Waals surface area contributed by atoms with Gasteiger partial charge in [0.05, 0.1) is 10.7 Å². The molecule has 0 aliphatic rings. The number of hydrogen-bond acceptors (Lipinski definition) is 6. The van der Waals surface area contributed by atoms with Crippen LogP contribution in [0.4, 0.5) is 15.2 Å². The van der Waals surface area contributed by atoms with Gasteiger partial charge in [-0.2, -0.15) is 0 Å². The van der Waals surface area contributed by atoms with E-state index in [-0.39, 0.29) is 16.4 Å². The first-order chi connectivity index (χ1) is 12.3. The highest BCUT2D eigenvalue weighted by Gasteiger charge is 2.15. The average molecular weight is 400 g/mol. The van der Waals surface area contributed by atoms with Gasteiger partial charge in [-0.15, -0.1) is 11.3 Å². The van der Waals surface area contributed by atoms with E-state index in [1.54, 1.807) is 5.38 Å². The fraction of sp³-hybridized carbons (Fsp3) is 0.353. The summed E-state index contributed by atoms with van der Waals surface area (Å²) in [6.45, 7) is 4.51. The summed E-state index contributed by atoms with van der Waals surface area (Å²) in [4.78, 5) is 27.9. The van der Waals surface area contributed by atoms with E-state index in [1.807, 2.05) is 0 Å². The summed E-state index contributed by atoms with van der Waals surface area (Å²) in [5, 5.41) is 7.82. The minimum atomic E-state index is -0.696. The average Bonchev–Trinajstić information content (AvgIpc) is 3.04. The van der Waals surface area contributed by atoms with Gasteiger partial charge < -0.3 is 15.4 Å². The zero-order chi connectivity index (χ0) is 19.1. The Labute approximate surface area is 159 Å². The van der Waals surface area contributed by atoms with Gasteiger partial charge in [-0.3, -0.25) is 4.79 Å². The van der Waals surface area contributed by atoms with Crippen molar-refractivity contribution in [3.8, 4) is 0 Å². The highest BCUT2D eigenvalue weighted by Crippen LogP contribution is 2.22. The standard InChI is InChI=1S/C17H19ClFN3O3S/c1-10(2)5-6-20-17-22-14(9-26-17)16(24)25-8-15(23)21-13-4-3-11(19)7-12(13)18/h3-4,7,9-10H,5-6,8H2,1-2H3,(H,20,22)(H,21,23). The number of carbonyl (C=O) groups excluding carboxylic acids is 2. The number of nitrogens with one attached hydrogen (secondary N) is 2. The van der Waals surface area contributed by atoms with Crippen molar-refractivity contribution < 1.29 is 18.7 Å². The summed E-state index contributed by atoms with van der Waals surface area (Å²) in [6.07, 6.45) is 0.992. The van der Waals surface area contributed by atoms with Crippen LogP contribution in [0, 0.1) is 11.7 Å². The summed E-state index contributed by atoms with van der Waals surface area (Å²) in [5.74, 6) is -1.23. The Morgan fingerprint density at radius 1 is 1.38 bits per heavy atom. The fourth-order valence-corrected chi connectivity index (χ4v) is 2.82. The predicted octanol–water partition coefficient (Wildman–Crippen LogP) is 4.19. The van der Waals surface area contributed by atoms with Gasteiger partial charge in [-0.1, -0.05) is 25.4 Å². The van der Waals surface area contributed by atoms with Gasteiger partial charge in [0.1, 0.15) is 5.82 Å². The predicted molar refractivity (Wildman–Crippen MR) is 100 cm³/mol. The van der Waals surface area contributed by atoms with Gasteiger partial charge in [0.25, 0.3) is 5.91 Å². The summed E-state index contributed by atoms with van der Waals surface area (Å²) < 4.78 is 17.9. The maximum atomic E-state index is 13.0. The lowest BCUT2D eigenvalue weighted by Gasteiger charge is -2.07. The lowest BCUT2D eigenvalue weighted by Crippen LogP contribution is -2.21. The molecule has 0 fully saturated rings. The Balaban J connectivity index is 1.80. The van der Waals surface area contributed by atoms with Crippen LogP contribution < -0.4 is 10.6 Å². The highest BCUT2D eigenvalue weighted by molar-refractivity contribution is 7.13. The fourth-order valence-electron chi connectivity index (χ4n) is 1.90. The lowest BCUT2D eigenvalue weighted by molar-refractivity contribution is -0.119. The van der Waals surface area contributed by atoms with Crippen molar-refractivity contribution in [3.05, 3.63) is 40.1 Å². The van der Waals surface area contributed by atoms with Crippen molar-refractivity contribution in [1.29, 1.82) is 0 Å². The number of carbonyl (C=O) groups is 2. The number of benzene rings is 1. The number of amides is 1. The van der Waals surface area contributed by atoms with Crippen molar-refractivity contribution in [2.45, 2.75) is 20.3 Å². The van der Waals surface area contributed by atoms with Crippen LogP contribution in [-0.2, 0) is 9.53 Å². The highest BCUT2D eigenvalue weighted by atomic mass is 35.5. The van der Waals surface area contributed by atoms with Gasteiger partial charge in [-0.05, 0) is 30.5 Å². The molecule has 140 valence electrons. The quantitative estimate of drug-likeness (QED) is 0.650. The van der Waals surface area contributed by atoms with E-state index < -0.39 is 24.3 Å². The number of aromatic nitrogens is 1. The molecule has 26 heavy (non-hydrogen) atoms. The van der Waals surface area contributed by atoms with E-state index in [0.717, 1.165) is 25.1 Å². The summed E-state index contributed by atoms with van der Waals surface area (Å²) >= 11 is 7.11. The third kappa shape index (κ3) is 6.27. The van der Waals surface area contributed by atoms with Crippen LogP contribution in [0.3, 0.4) is 0 Å². The van der Waals surface area contributed by atoms with E-state index in [4.69, 9.17) is 16.3 Å². The molecule has 1 aromatic carbocycles. The molecule has 6 nitrogen and oxygen atoms in total. The van der Waals surface area contributed by atoms with E-state index in [9.17, 15) is 14.0 Å². The Bertz CT molecular complexity index is 782. The van der Waals surface area contributed by atoms with Crippen molar-refractivity contribution >= 4 is 45.6 Å². The number of halogens is 2. The molecular formula is C17H19ClFN3O3S. The van der Waals surface area contributed by atoms with Gasteiger partial charge in [0.15, 0.2) is 17.4 Å². The largest absolute Gasteiger partial charge is 0.451 e. The monoisotopic (exact) mass is 399 g/mol. The first-order valence-corrected chi connectivity index (χ1v) is 9.22. The number of ether oxygens (including phenoxy) is 1. The summed E-state index contributed by atoms with van der Waals surface area (Å²) in [5.41, 5.74) is 0.370. The smallest absolute Gasteiger partial charge is 0.358 e. The summed E-state index contributed by atoms with van der Waals surface area (Å²) in [6, 6.07) is 3.57. The second-order valence-corrected chi connectivity index (χ2v) is 7.16. The molecule has 1 aromatic heterocycles. The van der Waals surface area contributed by atoms with Gasteiger partial charge >= 0.3 is 5.97 Å². The van der Waals surface area contributed by atoms with E-state index >= 15 is 0 Å². The molecule has 0 spiro atoms. The molecule has 0 saturated carbocycles. The molecule has 0 radical (unpaired) electrons. The Morgan fingerprint density at radius 2 is 2.15 bits per heavy atom. The zero-order valence-electron chi connectivity index (χ0n) is 14.3. The van der Waals surface area contributed by atoms with Crippen molar-refractivity contribution in [2.75, 3.05) is 23.8 Å². The van der Waals surface area contributed by atoms with Gasteiger partial charge in [0.2, 0.25) is 0 Å². The third-order valence-electron chi connectivity index (χ3n) is 3.25. The van der Waals surface area contributed by atoms with Crippen LogP contribution in [0.15, 0.2) is 23.6 Å². The number of hydrogen-bond donors (Lipinski definition) is 2. The van der Waals surface area contributed by atoms with E-state index in [0.29, 0.717) is 11.0 Å². The van der Waals surface area contributed by atoms with Crippen molar-refractivity contribution in [2.24, 2.45) is 5.92 Å². The van der Waals surface area contributed by atoms with E-state index in [1.165, 1.54) is 17.4 Å². The van der Waals surface area contributed by atoms with Crippen molar-refractivity contribution in [3.63, 3.8) is 0 Å². The van der Waals surface area contributed by atoms with Crippen LogP contribution in [0.5, 0.6) is 0 Å². The van der Waals surface area contributed by atoms with Crippen LogP contribution in [0.2, 0.25) is 5.02 Å². The molecule has 0 aliphatic carbocycles. The second kappa shape index (κ2) is 9.49. The van der Waals surface area contributed by atoms with Crippen LogP contribution in [-0.4, -0.2) is 30.0 Å². The Kier molecular flexibility index (Phi) is 7.35. The van der Waals surface area contributed by atoms with Crippen LogP contribution >= 0.6 is 22.9 Å². The zero-order valence-corrected chi connectivity index (χ0v) is 15.9. The molecule has 0 atom stereocenters. The molecule has 2 N–H and O–H groups in total. The molecule has 0 bridgehead atoms. The number of esters is 1. The minimum absolute atomic E-state index is 0.0568. The molecule has 0 saturated heterocycles. The second-order valence-electron chi connectivity index (χ2n) is 5.90. The van der Waals surface area contributed by atoms with Crippen molar-refractivity contribution in [1.82, 2.24) is 4.98 Å². The molecule has 0 unspecified atom stereocenters. The lowest BCUT2D eigenvalue weighted by atomic mass is 10.1. The number of nitrogens with zero attached hydrogens (tertiary/aromatic N) is 1. The molecule has 2 aromatic rings. The first-order valence-electron chi connectivity index (χ1n) is 7.96. The third-order valence-corrected chi connectivity index (χ3v) is 4.36. The SMILES string of the molecule is CC(C)CCNc1nc(C(=O)OCC(=O)Nc2ccc(F)cc2Cl)cs1. The maximum absolute atomic E-state index is 13.0. The maximum Gasteiger partial charge on any atom is 0.358 e. The van der Waals surface area contributed by atoms with Crippen LogP contribution in [0.25, 0.3) is 0 Å².